The van der Waals surface area contributed by atoms with Gasteiger partial charge in [0.15, 0.2) is 0 Å². The summed E-state index contributed by atoms with van der Waals surface area (Å²) >= 11 is 0. The first-order valence-corrected chi connectivity index (χ1v) is 12.2. The molecular formula is C31H26N2O3. The third kappa shape index (κ3) is 3.73. The molecule has 5 nitrogen and oxygen atoms in total. The van der Waals surface area contributed by atoms with Crippen molar-refractivity contribution >= 4 is 17.7 Å². The van der Waals surface area contributed by atoms with Crippen LogP contribution in [0.15, 0.2) is 121 Å². The van der Waals surface area contributed by atoms with Crippen molar-refractivity contribution in [3.8, 4) is 0 Å². The normalized spacial score (nSPS) is 21.4. The fourth-order valence-corrected chi connectivity index (χ4v) is 5.58. The average molecular weight is 475 g/mol. The molecule has 2 heterocycles. The van der Waals surface area contributed by atoms with E-state index in [4.69, 9.17) is 4.74 Å². The second-order valence-electron chi connectivity index (χ2n) is 9.19. The minimum absolute atomic E-state index is 0.0984. The zero-order chi connectivity index (χ0) is 24.5. The topological polar surface area (TPSA) is 49.9 Å². The van der Waals surface area contributed by atoms with Crippen molar-refractivity contribution in [3.63, 3.8) is 0 Å². The second-order valence-corrected chi connectivity index (χ2v) is 9.19. The summed E-state index contributed by atoms with van der Waals surface area (Å²) in [5.74, 6) is -0.229. The van der Waals surface area contributed by atoms with E-state index >= 15 is 0 Å². The maximum atomic E-state index is 13.8. The van der Waals surface area contributed by atoms with Crippen LogP contribution in [0.2, 0.25) is 0 Å². The van der Waals surface area contributed by atoms with Crippen molar-refractivity contribution in [3.05, 3.63) is 138 Å². The van der Waals surface area contributed by atoms with E-state index in [9.17, 15) is 9.59 Å². The number of carbonyl (C=O) groups excluding carboxylic acids is 2. The van der Waals surface area contributed by atoms with Gasteiger partial charge in [0.05, 0.1) is 12.1 Å². The molecule has 0 spiro atoms. The van der Waals surface area contributed by atoms with Crippen molar-refractivity contribution in [1.82, 2.24) is 4.90 Å². The molecule has 0 aromatic heterocycles. The van der Waals surface area contributed by atoms with Crippen molar-refractivity contribution in [2.75, 3.05) is 11.5 Å². The summed E-state index contributed by atoms with van der Waals surface area (Å²) in [6.45, 7) is 0.226. The summed E-state index contributed by atoms with van der Waals surface area (Å²) in [7, 11) is 0. The molecule has 3 atom stereocenters. The second kappa shape index (κ2) is 9.34. The van der Waals surface area contributed by atoms with E-state index in [0.717, 1.165) is 22.4 Å². The van der Waals surface area contributed by atoms with Gasteiger partial charge in [0.25, 0.3) is 5.91 Å². The molecule has 0 N–H and O–H groups in total. The highest BCUT2D eigenvalue weighted by Crippen LogP contribution is 2.46. The molecule has 2 amide bonds. The van der Waals surface area contributed by atoms with Crippen LogP contribution in [-0.2, 0) is 9.53 Å². The summed E-state index contributed by atoms with van der Waals surface area (Å²) < 4.78 is 5.65. The third-order valence-corrected chi connectivity index (χ3v) is 7.19. The SMILES string of the molecule is O=C1[C@H](N2C(=O)OC[C@H]2C(c2ccccc2)c2ccccc2)[C@H](c2ccccc2)N1c1ccccc1. The molecule has 0 unspecified atom stereocenters. The Hall–Kier alpha value is -4.38. The maximum Gasteiger partial charge on any atom is 0.411 e. The largest absolute Gasteiger partial charge is 0.447 e. The average Bonchev–Trinajstić information content (AvgIpc) is 3.29. The van der Waals surface area contributed by atoms with Gasteiger partial charge in [0.1, 0.15) is 12.6 Å². The number of carbonyl (C=O) groups is 2. The molecule has 178 valence electrons. The summed E-state index contributed by atoms with van der Waals surface area (Å²) in [4.78, 5) is 30.6. The lowest BCUT2D eigenvalue weighted by molar-refractivity contribution is -0.131. The summed E-state index contributed by atoms with van der Waals surface area (Å²) in [6, 6.07) is 38.6. The van der Waals surface area contributed by atoms with Gasteiger partial charge in [-0.15, -0.1) is 0 Å². The smallest absolute Gasteiger partial charge is 0.411 e. The van der Waals surface area contributed by atoms with E-state index in [2.05, 4.69) is 24.3 Å². The van der Waals surface area contributed by atoms with Gasteiger partial charge in [-0.1, -0.05) is 109 Å². The molecule has 4 aromatic carbocycles. The number of hydrogen-bond acceptors (Lipinski definition) is 3. The monoisotopic (exact) mass is 474 g/mol. The molecule has 2 fully saturated rings. The Morgan fingerprint density at radius 1 is 0.639 bits per heavy atom. The number of β-lactam (4-membered cyclic amide) rings is 1. The van der Waals surface area contributed by atoms with Gasteiger partial charge in [-0.2, -0.15) is 0 Å². The van der Waals surface area contributed by atoms with E-state index in [-0.39, 0.29) is 30.5 Å². The Kier molecular flexibility index (Phi) is 5.74. The molecule has 6 rings (SSSR count). The zero-order valence-corrected chi connectivity index (χ0v) is 19.7. The third-order valence-electron chi connectivity index (χ3n) is 7.19. The minimum Gasteiger partial charge on any atom is -0.447 e. The van der Waals surface area contributed by atoms with E-state index in [0.29, 0.717) is 0 Å². The van der Waals surface area contributed by atoms with Gasteiger partial charge in [0.2, 0.25) is 0 Å². The Labute approximate surface area is 210 Å². The van der Waals surface area contributed by atoms with Crippen LogP contribution in [0.3, 0.4) is 0 Å². The number of ether oxygens (including phenoxy) is 1. The Morgan fingerprint density at radius 2 is 1.14 bits per heavy atom. The molecule has 0 saturated carbocycles. The number of hydrogen-bond donors (Lipinski definition) is 0. The first-order valence-electron chi connectivity index (χ1n) is 12.2. The lowest BCUT2D eigenvalue weighted by atomic mass is 9.81. The van der Waals surface area contributed by atoms with Crippen LogP contribution < -0.4 is 4.90 Å². The van der Waals surface area contributed by atoms with Crippen LogP contribution in [0, 0.1) is 0 Å². The number of rotatable bonds is 6. The van der Waals surface area contributed by atoms with E-state index < -0.39 is 12.1 Å². The molecule has 0 bridgehead atoms. The molecule has 2 aliphatic rings. The number of amides is 2. The number of nitrogens with zero attached hydrogens (tertiary/aromatic N) is 2. The predicted molar refractivity (Wildman–Crippen MR) is 139 cm³/mol. The van der Waals surface area contributed by atoms with Gasteiger partial charge in [-0.3, -0.25) is 9.69 Å². The lowest BCUT2D eigenvalue weighted by Crippen LogP contribution is -2.68. The highest BCUT2D eigenvalue weighted by molar-refractivity contribution is 6.07. The first kappa shape index (κ1) is 22.1. The van der Waals surface area contributed by atoms with Crippen molar-refractivity contribution in [2.24, 2.45) is 0 Å². The molecule has 0 aliphatic carbocycles. The Morgan fingerprint density at radius 3 is 1.69 bits per heavy atom. The molecule has 36 heavy (non-hydrogen) atoms. The molecule has 4 aromatic rings. The molecule has 2 aliphatic heterocycles. The number of cyclic esters (lactones) is 1. The number of anilines is 1. The van der Waals surface area contributed by atoms with E-state index in [1.807, 2.05) is 97.1 Å². The van der Waals surface area contributed by atoms with Crippen molar-refractivity contribution < 1.29 is 14.3 Å². The predicted octanol–water partition coefficient (Wildman–Crippen LogP) is 5.80. The highest BCUT2D eigenvalue weighted by atomic mass is 16.6. The fraction of sp³-hybridized carbons (Fsp3) is 0.161. The van der Waals surface area contributed by atoms with Gasteiger partial charge < -0.3 is 9.64 Å². The Bertz CT molecular complexity index is 1310. The number of para-hydroxylation sites is 1. The van der Waals surface area contributed by atoms with Gasteiger partial charge >= 0.3 is 6.09 Å². The zero-order valence-electron chi connectivity index (χ0n) is 19.7. The maximum absolute atomic E-state index is 13.8. The van der Waals surface area contributed by atoms with Crippen LogP contribution in [0.5, 0.6) is 0 Å². The standard InChI is InChI=1S/C31H26N2O3/c34-30-29(28(24-17-9-3-10-18-24)32(30)25-19-11-4-12-20-25)33-26(21-36-31(33)35)27(22-13-5-1-6-14-22)23-15-7-2-8-16-23/h1-20,26-29H,21H2/t26-,28-,29+/m0/s1. The molecule has 0 radical (unpaired) electrons. The summed E-state index contributed by atoms with van der Waals surface area (Å²) in [5, 5.41) is 0. The summed E-state index contributed by atoms with van der Waals surface area (Å²) in [6.07, 6.45) is -0.441. The first-order chi connectivity index (χ1) is 17.7. The van der Waals surface area contributed by atoms with Crippen LogP contribution >= 0.6 is 0 Å². The molecular weight excluding hydrogens is 448 g/mol. The molecule has 2 saturated heterocycles. The van der Waals surface area contributed by atoms with Crippen molar-refractivity contribution in [2.45, 2.75) is 24.0 Å². The molecule has 5 heteroatoms. The van der Waals surface area contributed by atoms with Gasteiger partial charge in [-0.05, 0) is 28.8 Å². The quantitative estimate of drug-likeness (QED) is 0.332. The lowest BCUT2D eigenvalue weighted by Gasteiger charge is -2.51. The minimum atomic E-state index is -0.650. The highest BCUT2D eigenvalue weighted by Gasteiger charge is 2.58. The van der Waals surface area contributed by atoms with E-state index in [1.165, 1.54) is 0 Å². The fourth-order valence-electron chi connectivity index (χ4n) is 5.58. The summed E-state index contributed by atoms with van der Waals surface area (Å²) in [5.41, 5.74) is 3.97. The van der Waals surface area contributed by atoms with Crippen molar-refractivity contribution in [1.29, 1.82) is 0 Å². The Balaban J connectivity index is 1.44. The van der Waals surface area contributed by atoms with Crippen LogP contribution in [0.1, 0.15) is 28.7 Å². The van der Waals surface area contributed by atoms with Crippen LogP contribution in [0.25, 0.3) is 0 Å². The van der Waals surface area contributed by atoms with Gasteiger partial charge in [0, 0.05) is 11.6 Å². The van der Waals surface area contributed by atoms with Gasteiger partial charge in [-0.25, -0.2) is 4.79 Å². The van der Waals surface area contributed by atoms with E-state index in [1.54, 1.807) is 9.80 Å². The number of benzene rings is 4. The van der Waals surface area contributed by atoms with Crippen LogP contribution in [-0.4, -0.2) is 35.6 Å². The van der Waals surface area contributed by atoms with Crippen LogP contribution in [0.4, 0.5) is 10.5 Å².